The van der Waals surface area contributed by atoms with Crippen LogP contribution in [0.5, 0.6) is 0 Å². The summed E-state index contributed by atoms with van der Waals surface area (Å²) in [7, 11) is 0. The molecule has 0 aliphatic carbocycles. The average molecular weight is 247 g/mol. The van der Waals surface area contributed by atoms with Crippen LogP contribution in [0.4, 0.5) is 5.82 Å². The zero-order valence-corrected chi connectivity index (χ0v) is 11.1. The summed E-state index contributed by atoms with van der Waals surface area (Å²) in [5, 5.41) is 6.31. The number of aryl methyl sites for hydroxylation is 1. The van der Waals surface area contributed by atoms with Crippen LogP contribution < -0.4 is 10.6 Å². The molecule has 0 spiro atoms. The number of pyridine rings is 1. The van der Waals surface area contributed by atoms with Crippen LogP contribution in [0.3, 0.4) is 0 Å². The highest BCUT2D eigenvalue weighted by Crippen LogP contribution is 2.31. The molecular formula is C14H21N3O. The fourth-order valence-electron chi connectivity index (χ4n) is 2.48. The molecule has 1 atom stereocenters. The third-order valence-electron chi connectivity index (χ3n) is 3.87. The van der Waals surface area contributed by atoms with E-state index in [9.17, 15) is 4.79 Å². The number of aromatic nitrogens is 1. The first kappa shape index (κ1) is 13.0. The predicted molar refractivity (Wildman–Crippen MR) is 72.4 cm³/mol. The molecule has 0 aromatic carbocycles. The van der Waals surface area contributed by atoms with Gasteiger partial charge in [0.25, 0.3) is 0 Å². The van der Waals surface area contributed by atoms with Crippen molar-refractivity contribution in [2.24, 2.45) is 5.41 Å². The van der Waals surface area contributed by atoms with E-state index in [1.165, 1.54) is 0 Å². The van der Waals surface area contributed by atoms with Crippen LogP contribution in [0.1, 0.15) is 31.7 Å². The first-order valence-electron chi connectivity index (χ1n) is 6.62. The molecule has 2 heterocycles. The number of piperidine rings is 1. The molecular weight excluding hydrogens is 226 g/mol. The number of carbonyl (C=O) groups is 1. The lowest BCUT2D eigenvalue weighted by atomic mass is 9.77. The predicted octanol–water partition coefficient (Wildman–Crippen LogP) is 2.11. The summed E-state index contributed by atoms with van der Waals surface area (Å²) in [6, 6.07) is 3.84. The summed E-state index contributed by atoms with van der Waals surface area (Å²) in [5.74, 6) is 0.778. The van der Waals surface area contributed by atoms with Gasteiger partial charge in [-0.25, -0.2) is 4.98 Å². The minimum Gasteiger partial charge on any atom is -0.316 e. The van der Waals surface area contributed by atoms with Crippen LogP contribution in [0.15, 0.2) is 18.3 Å². The number of hydrogen-bond donors (Lipinski definition) is 2. The molecule has 2 N–H and O–H groups in total. The standard InChI is InChI=1S/C14H21N3O/c1-3-14(7-5-8-15-10-14)13(18)17-12-11(2)6-4-9-16-12/h4,6,9,15H,3,5,7-8,10H2,1-2H3,(H,16,17,18). The van der Waals surface area contributed by atoms with Crippen molar-refractivity contribution in [1.82, 2.24) is 10.3 Å². The van der Waals surface area contributed by atoms with E-state index in [0.29, 0.717) is 5.82 Å². The van der Waals surface area contributed by atoms with Crippen molar-refractivity contribution in [2.45, 2.75) is 33.1 Å². The maximum absolute atomic E-state index is 12.5. The Balaban J connectivity index is 2.13. The van der Waals surface area contributed by atoms with E-state index in [0.717, 1.165) is 37.9 Å². The molecule has 1 aromatic heterocycles. The zero-order chi connectivity index (χ0) is 13.0. The summed E-state index contributed by atoms with van der Waals surface area (Å²) < 4.78 is 0. The third kappa shape index (κ3) is 2.53. The lowest BCUT2D eigenvalue weighted by Crippen LogP contribution is -2.47. The third-order valence-corrected chi connectivity index (χ3v) is 3.87. The van der Waals surface area contributed by atoms with Crippen molar-refractivity contribution in [3.63, 3.8) is 0 Å². The molecule has 1 unspecified atom stereocenters. The molecule has 1 saturated heterocycles. The normalized spacial score (nSPS) is 23.7. The van der Waals surface area contributed by atoms with Gasteiger partial charge in [0.15, 0.2) is 0 Å². The summed E-state index contributed by atoms with van der Waals surface area (Å²) in [6.45, 7) is 5.82. The lowest BCUT2D eigenvalue weighted by molar-refractivity contribution is -0.126. The van der Waals surface area contributed by atoms with E-state index in [4.69, 9.17) is 0 Å². The highest BCUT2D eigenvalue weighted by molar-refractivity contribution is 5.95. The maximum atomic E-state index is 12.5. The first-order valence-corrected chi connectivity index (χ1v) is 6.62. The Labute approximate surface area is 108 Å². The van der Waals surface area contributed by atoms with Gasteiger partial charge < -0.3 is 10.6 Å². The van der Waals surface area contributed by atoms with Crippen LogP contribution >= 0.6 is 0 Å². The first-order chi connectivity index (χ1) is 8.68. The van der Waals surface area contributed by atoms with Gasteiger partial charge in [-0.05, 0) is 44.4 Å². The summed E-state index contributed by atoms with van der Waals surface area (Å²) in [6.07, 6.45) is 4.58. The number of nitrogens with one attached hydrogen (secondary N) is 2. The molecule has 0 bridgehead atoms. The highest BCUT2D eigenvalue weighted by atomic mass is 16.2. The van der Waals surface area contributed by atoms with Gasteiger partial charge in [-0.1, -0.05) is 13.0 Å². The van der Waals surface area contributed by atoms with Crippen molar-refractivity contribution >= 4 is 11.7 Å². The fraction of sp³-hybridized carbons (Fsp3) is 0.571. The van der Waals surface area contributed by atoms with Crippen LogP contribution in [-0.4, -0.2) is 24.0 Å². The Kier molecular flexibility index (Phi) is 3.97. The van der Waals surface area contributed by atoms with Crippen molar-refractivity contribution in [3.8, 4) is 0 Å². The summed E-state index contributed by atoms with van der Waals surface area (Å²) in [4.78, 5) is 16.7. The molecule has 2 rings (SSSR count). The molecule has 4 nitrogen and oxygen atoms in total. The van der Waals surface area contributed by atoms with E-state index in [1.807, 2.05) is 19.1 Å². The number of hydrogen-bond acceptors (Lipinski definition) is 3. The van der Waals surface area contributed by atoms with E-state index >= 15 is 0 Å². The summed E-state index contributed by atoms with van der Waals surface area (Å²) in [5.41, 5.74) is 0.725. The molecule has 0 saturated carbocycles. The van der Waals surface area contributed by atoms with E-state index < -0.39 is 0 Å². The fourth-order valence-corrected chi connectivity index (χ4v) is 2.48. The number of rotatable bonds is 3. The Morgan fingerprint density at radius 3 is 3.06 bits per heavy atom. The monoisotopic (exact) mass is 247 g/mol. The molecule has 18 heavy (non-hydrogen) atoms. The topological polar surface area (TPSA) is 54.0 Å². The molecule has 1 fully saturated rings. The Morgan fingerprint density at radius 1 is 1.61 bits per heavy atom. The van der Waals surface area contributed by atoms with Crippen LogP contribution in [0, 0.1) is 12.3 Å². The zero-order valence-electron chi connectivity index (χ0n) is 11.1. The SMILES string of the molecule is CCC1(C(=O)Nc2ncccc2C)CCCNC1. The van der Waals surface area contributed by atoms with Crippen LogP contribution in [0.25, 0.3) is 0 Å². The van der Waals surface area contributed by atoms with Crippen molar-refractivity contribution in [1.29, 1.82) is 0 Å². The second kappa shape index (κ2) is 5.48. The average Bonchev–Trinajstić information content (AvgIpc) is 2.42. The molecule has 1 amide bonds. The van der Waals surface area contributed by atoms with E-state index in [2.05, 4.69) is 22.5 Å². The number of nitrogens with zero attached hydrogens (tertiary/aromatic N) is 1. The quantitative estimate of drug-likeness (QED) is 0.860. The molecule has 4 heteroatoms. The second-order valence-electron chi connectivity index (χ2n) is 5.04. The number of amides is 1. The molecule has 98 valence electrons. The maximum Gasteiger partial charge on any atom is 0.233 e. The number of anilines is 1. The van der Waals surface area contributed by atoms with Crippen molar-refractivity contribution in [2.75, 3.05) is 18.4 Å². The Hall–Kier alpha value is -1.42. The minimum atomic E-state index is -0.276. The number of carbonyl (C=O) groups excluding carboxylic acids is 1. The largest absolute Gasteiger partial charge is 0.316 e. The lowest BCUT2D eigenvalue weighted by Gasteiger charge is -2.35. The van der Waals surface area contributed by atoms with Crippen LogP contribution in [-0.2, 0) is 4.79 Å². The van der Waals surface area contributed by atoms with Gasteiger partial charge in [0.1, 0.15) is 5.82 Å². The van der Waals surface area contributed by atoms with Gasteiger partial charge in [0.2, 0.25) is 5.91 Å². The molecule has 1 aromatic rings. The molecule has 0 radical (unpaired) electrons. The van der Waals surface area contributed by atoms with Gasteiger partial charge in [0, 0.05) is 12.7 Å². The summed E-state index contributed by atoms with van der Waals surface area (Å²) >= 11 is 0. The Bertz CT molecular complexity index is 425. The van der Waals surface area contributed by atoms with Gasteiger partial charge in [-0.2, -0.15) is 0 Å². The second-order valence-corrected chi connectivity index (χ2v) is 5.04. The smallest absolute Gasteiger partial charge is 0.233 e. The van der Waals surface area contributed by atoms with E-state index in [1.54, 1.807) is 6.20 Å². The Morgan fingerprint density at radius 2 is 2.44 bits per heavy atom. The van der Waals surface area contributed by atoms with Crippen molar-refractivity contribution in [3.05, 3.63) is 23.9 Å². The highest BCUT2D eigenvalue weighted by Gasteiger charge is 2.38. The van der Waals surface area contributed by atoms with Gasteiger partial charge >= 0.3 is 0 Å². The van der Waals surface area contributed by atoms with Gasteiger partial charge in [-0.15, -0.1) is 0 Å². The molecule has 1 aliphatic rings. The minimum absolute atomic E-state index is 0.0963. The molecule has 1 aliphatic heterocycles. The van der Waals surface area contributed by atoms with Crippen molar-refractivity contribution < 1.29 is 4.79 Å². The van der Waals surface area contributed by atoms with E-state index in [-0.39, 0.29) is 11.3 Å². The van der Waals surface area contributed by atoms with Gasteiger partial charge in [0.05, 0.1) is 5.41 Å². The van der Waals surface area contributed by atoms with Crippen LogP contribution in [0.2, 0.25) is 0 Å². The van der Waals surface area contributed by atoms with Gasteiger partial charge in [-0.3, -0.25) is 4.79 Å².